The number of halogens is 3. The van der Waals surface area contributed by atoms with E-state index in [9.17, 15) is 13.2 Å². The number of nitrogens with zero attached hydrogens (tertiary/aromatic N) is 2. The monoisotopic (exact) mass is 413 g/mol. The molecule has 0 unspecified atom stereocenters. The average Bonchev–Trinajstić information content (AvgIpc) is 3.10. The van der Waals surface area contributed by atoms with Crippen LogP contribution in [0.3, 0.4) is 0 Å². The van der Waals surface area contributed by atoms with Crippen LogP contribution < -0.4 is 4.74 Å². The van der Waals surface area contributed by atoms with Crippen LogP contribution in [0, 0.1) is 6.92 Å². The molecule has 2 aromatic rings. The normalized spacial score (nSPS) is 12.0. The summed E-state index contributed by atoms with van der Waals surface area (Å²) in [5.41, 5.74) is 1.35. The van der Waals surface area contributed by atoms with Gasteiger partial charge in [-0.3, -0.25) is 5.10 Å². The summed E-state index contributed by atoms with van der Waals surface area (Å²) >= 11 is 0. The Bertz CT molecular complexity index is 775. The zero-order valence-corrected chi connectivity index (χ0v) is 17.5. The summed E-state index contributed by atoms with van der Waals surface area (Å²) in [5.74, 6) is -0.156. The van der Waals surface area contributed by atoms with Gasteiger partial charge in [0.1, 0.15) is 11.3 Å². The van der Waals surface area contributed by atoms with Gasteiger partial charge in [0.2, 0.25) is 0 Å². The standard InChI is InChI=1S/C21H30F3N3O2/c1-5-6-10-27(3)14-16-13-25-26-20(16)17-8-9-18(29-12-7-11-28-4)19(15(17)2)21(22,23)24/h8-9,13H,5-7,10-12,14H2,1-4H3,(H,25,26). The van der Waals surface area contributed by atoms with Gasteiger partial charge in [0, 0.05) is 37.8 Å². The van der Waals surface area contributed by atoms with Crippen molar-refractivity contribution in [3.05, 3.63) is 35.0 Å². The molecule has 0 aliphatic heterocycles. The van der Waals surface area contributed by atoms with Crippen molar-refractivity contribution in [2.45, 2.75) is 45.8 Å². The van der Waals surface area contributed by atoms with E-state index in [1.54, 1.807) is 19.4 Å². The molecule has 162 valence electrons. The summed E-state index contributed by atoms with van der Waals surface area (Å²) in [5, 5.41) is 6.96. The first-order valence-electron chi connectivity index (χ1n) is 9.83. The summed E-state index contributed by atoms with van der Waals surface area (Å²) < 4.78 is 51.8. The molecule has 0 fully saturated rings. The number of nitrogens with one attached hydrogen (secondary N) is 1. The molecule has 29 heavy (non-hydrogen) atoms. The van der Waals surface area contributed by atoms with Crippen molar-refractivity contribution >= 4 is 0 Å². The van der Waals surface area contributed by atoms with Crippen LogP contribution in [-0.2, 0) is 17.5 Å². The van der Waals surface area contributed by atoms with E-state index in [1.165, 1.54) is 13.0 Å². The van der Waals surface area contributed by atoms with Gasteiger partial charge in [-0.05, 0) is 44.6 Å². The third kappa shape index (κ3) is 6.21. The summed E-state index contributed by atoms with van der Waals surface area (Å²) in [7, 11) is 3.54. The molecule has 0 spiro atoms. The van der Waals surface area contributed by atoms with E-state index >= 15 is 0 Å². The first kappa shape index (κ1) is 23.2. The number of aromatic amines is 1. The van der Waals surface area contributed by atoms with Crippen LogP contribution in [0.4, 0.5) is 13.2 Å². The summed E-state index contributed by atoms with van der Waals surface area (Å²) in [6.07, 6.45) is -0.170. The van der Waals surface area contributed by atoms with Crippen LogP contribution in [0.25, 0.3) is 11.3 Å². The highest BCUT2D eigenvalue weighted by Crippen LogP contribution is 2.42. The highest BCUT2D eigenvalue weighted by atomic mass is 19.4. The molecule has 1 N–H and O–H groups in total. The predicted octanol–water partition coefficient (Wildman–Crippen LogP) is 5.05. The lowest BCUT2D eigenvalue weighted by atomic mass is 9.96. The number of hydrogen-bond donors (Lipinski definition) is 1. The summed E-state index contributed by atoms with van der Waals surface area (Å²) in [6, 6.07) is 3.06. The molecule has 0 atom stereocenters. The maximum absolute atomic E-state index is 13.8. The van der Waals surface area contributed by atoms with E-state index in [2.05, 4.69) is 22.0 Å². The van der Waals surface area contributed by atoms with E-state index in [0.717, 1.165) is 24.9 Å². The number of aromatic nitrogens is 2. The van der Waals surface area contributed by atoms with Crippen LogP contribution in [0.15, 0.2) is 18.3 Å². The maximum atomic E-state index is 13.8. The Labute approximate surface area is 170 Å². The zero-order valence-electron chi connectivity index (χ0n) is 17.5. The minimum absolute atomic E-state index is 0.128. The molecule has 0 radical (unpaired) electrons. The molecule has 0 bridgehead atoms. The number of H-pyrrole nitrogens is 1. The van der Waals surface area contributed by atoms with Gasteiger partial charge < -0.3 is 14.4 Å². The Morgan fingerprint density at radius 3 is 2.59 bits per heavy atom. The van der Waals surface area contributed by atoms with E-state index in [4.69, 9.17) is 9.47 Å². The van der Waals surface area contributed by atoms with E-state index < -0.39 is 11.7 Å². The van der Waals surface area contributed by atoms with Crippen molar-refractivity contribution < 1.29 is 22.6 Å². The van der Waals surface area contributed by atoms with Crippen molar-refractivity contribution in [2.75, 3.05) is 33.9 Å². The number of methoxy groups -OCH3 is 1. The SMILES string of the molecule is CCCCN(C)Cc1cn[nH]c1-c1ccc(OCCCOC)c(C(F)(F)F)c1C. The van der Waals surface area contributed by atoms with Gasteiger partial charge in [-0.2, -0.15) is 18.3 Å². The number of ether oxygens (including phenoxy) is 2. The summed E-state index contributed by atoms with van der Waals surface area (Å²) in [6.45, 7) is 5.72. The molecule has 0 saturated heterocycles. The van der Waals surface area contributed by atoms with Crippen LogP contribution in [-0.4, -0.2) is 49.0 Å². The Balaban J connectivity index is 2.34. The van der Waals surface area contributed by atoms with E-state index in [1.807, 2.05) is 7.05 Å². The van der Waals surface area contributed by atoms with Crippen molar-refractivity contribution in [1.29, 1.82) is 0 Å². The Morgan fingerprint density at radius 1 is 1.17 bits per heavy atom. The fourth-order valence-electron chi connectivity index (χ4n) is 3.28. The van der Waals surface area contributed by atoms with Gasteiger partial charge in [-0.25, -0.2) is 0 Å². The number of benzene rings is 1. The van der Waals surface area contributed by atoms with Gasteiger partial charge >= 0.3 is 6.18 Å². The van der Waals surface area contributed by atoms with Crippen LogP contribution >= 0.6 is 0 Å². The van der Waals surface area contributed by atoms with E-state index in [-0.39, 0.29) is 17.9 Å². The van der Waals surface area contributed by atoms with Crippen molar-refractivity contribution in [1.82, 2.24) is 15.1 Å². The molecule has 0 saturated carbocycles. The molecule has 1 heterocycles. The van der Waals surface area contributed by atoms with Crippen LogP contribution in [0.1, 0.15) is 42.9 Å². The number of unbranched alkanes of at least 4 members (excludes halogenated alkanes) is 1. The quantitative estimate of drug-likeness (QED) is 0.524. The molecule has 1 aromatic carbocycles. The molecule has 0 aliphatic carbocycles. The molecular formula is C21H30F3N3O2. The van der Waals surface area contributed by atoms with Crippen LogP contribution in [0.2, 0.25) is 0 Å². The fourth-order valence-corrected chi connectivity index (χ4v) is 3.28. The number of hydrogen-bond acceptors (Lipinski definition) is 4. The molecule has 0 aliphatic rings. The average molecular weight is 413 g/mol. The third-order valence-electron chi connectivity index (χ3n) is 4.78. The van der Waals surface area contributed by atoms with Gasteiger partial charge in [0.15, 0.2) is 0 Å². The van der Waals surface area contributed by atoms with Gasteiger partial charge in [0.05, 0.1) is 18.5 Å². The van der Waals surface area contributed by atoms with Crippen LogP contribution in [0.5, 0.6) is 5.75 Å². The van der Waals surface area contributed by atoms with Gasteiger partial charge in [-0.1, -0.05) is 13.3 Å². The largest absolute Gasteiger partial charge is 0.493 e. The molecule has 1 aromatic heterocycles. The van der Waals surface area contributed by atoms with Gasteiger partial charge in [0.25, 0.3) is 0 Å². The van der Waals surface area contributed by atoms with Crippen molar-refractivity contribution in [3.63, 3.8) is 0 Å². The third-order valence-corrected chi connectivity index (χ3v) is 4.78. The molecule has 5 nitrogen and oxygen atoms in total. The minimum Gasteiger partial charge on any atom is -0.493 e. The second kappa shape index (κ2) is 10.6. The second-order valence-electron chi connectivity index (χ2n) is 7.17. The summed E-state index contributed by atoms with van der Waals surface area (Å²) in [4.78, 5) is 2.14. The molecular weight excluding hydrogens is 383 g/mol. The molecule has 8 heteroatoms. The lowest BCUT2D eigenvalue weighted by Gasteiger charge is -2.20. The topological polar surface area (TPSA) is 50.4 Å². The smallest absolute Gasteiger partial charge is 0.420 e. The zero-order chi connectivity index (χ0) is 21.4. The highest BCUT2D eigenvalue weighted by molar-refractivity contribution is 5.70. The predicted molar refractivity (Wildman–Crippen MR) is 107 cm³/mol. The second-order valence-corrected chi connectivity index (χ2v) is 7.17. The minimum atomic E-state index is -4.52. The number of alkyl halides is 3. The Morgan fingerprint density at radius 2 is 1.93 bits per heavy atom. The van der Waals surface area contributed by atoms with Crippen molar-refractivity contribution in [2.24, 2.45) is 0 Å². The highest BCUT2D eigenvalue weighted by Gasteiger charge is 2.37. The lowest BCUT2D eigenvalue weighted by Crippen LogP contribution is -2.19. The first-order valence-corrected chi connectivity index (χ1v) is 9.83. The maximum Gasteiger partial charge on any atom is 0.420 e. The first-order chi connectivity index (χ1) is 13.8. The van der Waals surface area contributed by atoms with Crippen molar-refractivity contribution in [3.8, 4) is 17.0 Å². The van der Waals surface area contributed by atoms with E-state index in [0.29, 0.717) is 30.8 Å². The Kier molecular flexibility index (Phi) is 8.52. The Hall–Kier alpha value is -2.06. The molecule has 0 amide bonds. The molecule has 2 rings (SSSR count). The lowest BCUT2D eigenvalue weighted by molar-refractivity contribution is -0.139. The van der Waals surface area contributed by atoms with Gasteiger partial charge in [-0.15, -0.1) is 0 Å². The number of rotatable bonds is 11. The fraction of sp³-hybridized carbons (Fsp3) is 0.571.